The second-order valence-corrected chi connectivity index (χ2v) is 15.3. The van der Waals surface area contributed by atoms with E-state index >= 15 is 4.79 Å². The van der Waals surface area contributed by atoms with Crippen molar-refractivity contribution in [2.45, 2.75) is 37.3 Å². The first-order chi connectivity index (χ1) is 27.1. The summed E-state index contributed by atoms with van der Waals surface area (Å²) in [6.07, 6.45) is -2.42. The molecular formula is C41H31Cl2F3N4O7. The Labute approximate surface area is 333 Å². The Kier molecular flexibility index (Phi) is 9.19. The zero-order valence-corrected chi connectivity index (χ0v) is 31.5. The first kappa shape index (κ1) is 38.2. The Bertz CT molecular complexity index is 2420. The van der Waals surface area contributed by atoms with Crippen LogP contribution in [-0.2, 0) is 30.8 Å². The normalized spacial score (nSPS) is 25.5. The summed E-state index contributed by atoms with van der Waals surface area (Å²) in [6.45, 7) is 1.40. The Hall–Kier alpha value is -5.73. The van der Waals surface area contributed by atoms with E-state index in [2.05, 4.69) is 10.4 Å². The lowest BCUT2D eigenvalue weighted by atomic mass is 9.49. The number of Topliss-reactive ketones (excluding diaryl/α,β-unsaturated/α-hetero) is 1. The van der Waals surface area contributed by atoms with Gasteiger partial charge >= 0.3 is 6.18 Å². The third-order valence-corrected chi connectivity index (χ3v) is 12.2. The molecule has 1 saturated carbocycles. The average Bonchev–Trinajstić information content (AvgIpc) is 3.56. The number of ketones is 1. The van der Waals surface area contributed by atoms with Crippen molar-refractivity contribution in [3.05, 3.63) is 123 Å². The number of amides is 4. The molecule has 6 atom stereocenters. The molecule has 2 aliphatic carbocycles. The summed E-state index contributed by atoms with van der Waals surface area (Å²) < 4.78 is 45.8. The molecule has 0 bridgehead atoms. The number of aromatic nitrogens is 1. The Morgan fingerprint density at radius 1 is 0.947 bits per heavy atom. The fraction of sp³-hybridized carbons (Fsp3) is 0.268. The van der Waals surface area contributed by atoms with Crippen LogP contribution in [-0.4, -0.2) is 51.6 Å². The number of halogens is 5. The molecule has 3 aromatic carbocycles. The van der Waals surface area contributed by atoms with Crippen LogP contribution in [0.15, 0.2) is 90.6 Å². The number of hydrazine groups is 1. The van der Waals surface area contributed by atoms with Crippen LogP contribution in [0, 0.1) is 23.7 Å². The molecule has 4 aromatic rings. The van der Waals surface area contributed by atoms with Gasteiger partial charge in [0.15, 0.2) is 23.1 Å². The van der Waals surface area contributed by atoms with Crippen molar-refractivity contribution in [1.29, 1.82) is 0 Å². The quantitative estimate of drug-likeness (QED) is 0.110. The largest absolute Gasteiger partial charge is 0.504 e. The van der Waals surface area contributed by atoms with Gasteiger partial charge in [-0.3, -0.25) is 34.3 Å². The molecule has 2 saturated heterocycles. The molecule has 0 radical (unpaired) electrons. The highest BCUT2D eigenvalue weighted by atomic mass is 35.5. The van der Waals surface area contributed by atoms with E-state index in [0.717, 1.165) is 4.90 Å². The van der Waals surface area contributed by atoms with E-state index < -0.39 is 81.2 Å². The number of rotatable bonds is 7. The van der Waals surface area contributed by atoms with Gasteiger partial charge in [-0.25, -0.2) is 4.98 Å². The van der Waals surface area contributed by atoms with Crippen LogP contribution in [0.1, 0.15) is 52.7 Å². The second-order valence-electron chi connectivity index (χ2n) is 14.5. The van der Waals surface area contributed by atoms with E-state index in [1.54, 1.807) is 30.3 Å². The van der Waals surface area contributed by atoms with Gasteiger partial charge in [-0.15, -0.1) is 0 Å². The Morgan fingerprint density at radius 3 is 2.26 bits per heavy atom. The molecule has 4 aliphatic rings. The number of hydrogen-bond acceptors (Lipinski definition) is 9. The molecule has 11 nitrogen and oxygen atoms in total. The number of carbonyl (C=O) groups excluding carboxylic acids is 5. The van der Waals surface area contributed by atoms with E-state index in [1.165, 1.54) is 50.4 Å². The number of alkyl halides is 3. The minimum atomic E-state index is -4.77. The van der Waals surface area contributed by atoms with Crippen LogP contribution >= 0.6 is 23.2 Å². The minimum absolute atomic E-state index is 0.0959. The predicted octanol–water partition coefficient (Wildman–Crippen LogP) is 7.51. The molecule has 57 heavy (non-hydrogen) atoms. The van der Waals surface area contributed by atoms with Gasteiger partial charge in [0, 0.05) is 22.7 Å². The number of hydrogen-bond donors (Lipinski definition) is 2. The third kappa shape index (κ3) is 5.87. The number of ether oxygens (including phenoxy) is 1. The van der Waals surface area contributed by atoms with Crippen LogP contribution < -0.4 is 15.1 Å². The molecule has 4 amide bonds. The molecular weight excluding hydrogens is 788 g/mol. The zero-order chi connectivity index (χ0) is 40.7. The monoisotopic (exact) mass is 818 g/mol. The molecule has 6 unspecified atom stereocenters. The van der Waals surface area contributed by atoms with Crippen molar-refractivity contribution in [2.24, 2.45) is 23.7 Å². The van der Waals surface area contributed by atoms with Crippen molar-refractivity contribution >= 4 is 64.1 Å². The number of phenolic OH excluding ortho intramolecular Hbond substituents is 1. The van der Waals surface area contributed by atoms with E-state index in [0.29, 0.717) is 44.6 Å². The van der Waals surface area contributed by atoms with Crippen LogP contribution in [0.5, 0.6) is 11.5 Å². The average molecular weight is 820 g/mol. The second kappa shape index (κ2) is 13.7. The summed E-state index contributed by atoms with van der Waals surface area (Å²) in [5.41, 5.74) is 1.64. The standard InChI is InChI=1S/C41H31Cl2F3N4O7/c1-19(51)20-3-10-25(11-4-20)49-36(53)27-13-12-26-28(33(27)38(49)55)17-29-37(54)50(48-35-30(43)16-23(18-47-35)41(44,45)46)39(56)40(29,22-6-8-24(42)9-7-22)34(26)21-5-14-32(57-2)31(52)15-21/h3-12,14-16,18,27-29,33-34,52H,13,17H2,1-2H3,(H,47,48). The van der Waals surface area contributed by atoms with Gasteiger partial charge in [-0.2, -0.15) is 18.2 Å². The SMILES string of the molecule is COc1ccc(C2C3=CCC4C(=O)N(c5ccc(C(C)=O)cc5)C(=O)C4C3CC3C(=O)N(Nc4ncc(C(F)(F)F)cc4Cl)C(=O)C32c2ccc(Cl)cc2)cc1O. The van der Waals surface area contributed by atoms with Crippen molar-refractivity contribution in [2.75, 3.05) is 17.4 Å². The van der Waals surface area contributed by atoms with Crippen molar-refractivity contribution in [3.63, 3.8) is 0 Å². The molecule has 2 aliphatic heterocycles. The van der Waals surface area contributed by atoms with Gasteiger partial charge in [0.05, 0.1) is 46.6 Å². The third-order valence-electron chi connectivity index (χ3n) is 11.6. The van der Waals surface area contributed by atoms with E-state index in [1.807, 2.05) is 6.08 Å². The highest BCUT2D eigenvalue weighted by Gasteiger charge is 2.70. The number of benzene rings is 3. The summed E-state index contributed by atoms with van der Waals surface area (Å²) >= 11 is 12.6. The van der Waals surface area contributed by atoms with Crippen LogP contribution in [0.25, 0.3) is 0 Å². The molecule has 3 heterocycles. The summed E-state index contributed by atoms with van der Waals surface area (Å²) in [5.74, 6) is -8.13. The molecule has 8 rings (SSSR count). The van der Waals surface area contributed by atoms with Gasteiger partial charge in [0.25, 0.3) is 11.8 Å². The van der Waals surface area contributed by atoms with E-state index in [4.69, 9.17) is 27.9 Å². The molecule has 16 heteroatoms. The summed E-state index contributed by atoms with van der Waals surface area (Å²) in [5, 5.41) is 11.6. The first-order valence-electron chi connectivity index (χ1n) is 17.8. The minimum Gasteiger partial charge on any atom is -0.504 e. The number of anilines is 2. The smallest absolute Gasteiger partial charge is 0.417 e. The number of fused-ring (bicyclic) bond motifs is 4. The number of nitrogens with zero attached hydrogens (tertiary/aromatic N) is 3. The number of phenols is 1. The number of aromatic hydroxyl groups is 1. The Balaban J connectivity index is 1.30. The Morgan fingerprint density at radius 2 is 1.65 bits per heavy atom. The lowest BCUT2D eigenvalue weighted by Crippen LogP contribution is -2.53. The maximum absolute atomic E-state index is 15.3. The van der Waals surface area contributed by atoms with Crippen LogP contribution in [0.3, 0.4) is 0 Å². The summed E-state index contributed by atoms with van der Waals surface area (Å²) in [7, 11) is 1.37. The van der Waals surface area contributed by atoms with E-state index in [9.17, 15) is 37.5 Å². The highest BCUT2D eigenvalue weighted by Crippen LogP contribution is 2.64. The van der Waals surface area contributed by atoms with Crippen molar-refractivity contribution in [1.82, 2.24) is 9.99 Å². The zero-order valence-electron chi connectivity index (χ0n) is 30.0. The van der Waals surface area contributed by atoms with Gasteiger partial charge < -0.3 is 9.84 Å². The molecule has 2 N–H and O–H groups in total. The van der Waals surface area contributed by atoms with Gasteiger partial charge in [-0.05, 0) is 91.4 Å². The fourth-order valence-corrected chi connectivity index (χ4v) is 9.48. The maximum Gasteiger partial charge on any atom is 0.417 e. The topological polar surface area (TPSA) is 146 Å². The number of carbonyl (C=O) groups is 5. The maximum atomic E-state index is 15.3. The van der Waals surface area contributed by atoms with Crippen molar-refractivity contribution in [3.8, 4) is 11.5 Å². The number of allylic oxidation sites excluding steroid dienone is 2. The number of pyridine rings is 1. The first-order valence-corrected chi connectivity index (χ1v) is 18.5. The van der Waals surface area contributed by atoms with Crippen molar-refractivity contribution < 1.29 is 47.0 Å². The number of imide groups is 2. The van der Waals surface area contributed by atoms with Gasteiger partial charge in [0.1, 0.15) is 0 Å². The molecule has 1 aromatic heterocycles. The fourth-order valence-electron chi connectivity index (χ4n) is 9.14. The van der Waals surface area contributed by atoms with Crippen LogP contribution in [0.2, 0.25) is 10.0 Å². The number of nitrogens with one attached hydrogen (secondary N) is 1. The molecule has 292 valence electrons. The van der Waals surface area contributed by atoms with Gasteiger partial charge in [-0.1, -0.05) is 53.1 Å². The van der Waals surface area contributed by atoms with Crippen LogP contribution in [0.4, 0.5) is 24.7 Å². The lowest BCUT2D eigenvalue weighted by Gasteiger charge is -2.50. The van der Waals surface area contributed by atoms with E-state index in [-0.39, 0.29) is 35.8 Å². The van der Waals surface area contributed by atoms with Gasteiger partial charge in [0.2, 0.25) is 11.8 Å². The summed E-state index contributed by atoms with van der Waals surface area (Å²) in [4.78, 5) is 75.6. The summed E-state index contributed by atoms with van der Waals surface area (Å²) in [6, 6.07) is 17.6. The molecule has 3 fully saturated rings. The highest BCUT2D eigenvalue weighted by molar-refractivity contribution is 6.33. The predicted molar refractivity (Wildman–Crippen MR) is 200 cm³/mol. The lowest BCUT2D eigenvalue weighted by molar-refractivity contribution is -0.139. The number of methoxy groups -OCH3 is 1. The molecule has 0 spiro atoms.